The number of hydrogen-bond acceptors (Lipinski definition) is 2. The second-order valence-corrected chi connectivity index (χ2v) is 6.21. The first kappa shape index (κ1) is 14.6. The van der Waals surface area contributed by atoms with Crippen LogP contribution in [-0.4, -0.2) is 23.5 Å². The van der Waals surface area contributed by atoms with Crippen LogP contribution in [0.15, 0.2) is 24.3 Å². The van der Waals surface area contributed by atoms with Crippen LogP contribution in [0, 0.1) is 12.3 Å². The molecule has 1 aliphatic rings. The van der Waals surface area contributed by atoms with Gasteiger partial charge in [0.15, 0.2) is 0 Å². The molecule has 2 N–H and O–H groups in total. The van der Waals surface area contributed by atoms with Gasteiger partial charge in [-0.05, 0) is 44.7 Å². The van der Waals surface area contributed by atoms with Crippen LogP contribution < -0.4 is 5.32 Å². The van der Waals surface area contributed by atoms with Gasteiger partial charge >= 0.3 is 5.97 Å². The Balaban J connectivity index is 2.08. The first-order valence-electron chi connectivity index (χ1n) is 6.87. The van der Waals surface area contributed by atoms with Crippen molar-refractivity contribution in [3.05, 3.63) is 35.4 Å². The fraction of sp³-hybridized carbons (Fsp3) is 0.500. The molecular weight excluding hydrogens is 254 g/mol. The SMILES string of the molecule is Cc1ccccc1C(C)(C)C(=O)NCC1(C(=O)O)CC1. The number of carboxylic acid groups (broad SMARTS) is 1. The molecule has 4 heteroatoms. The van der Waals surface area contributed by atoms with E-state index in [1.54, 1.807) is 0 Å². The van der Waals surface area contributed by atoms with E-state index in [0.29, 0.717) is 12.8 Å². The third-order valence-electron chi connectivity index (χ3n) is 4.28. The van der Waals surface area contributed by atoms with E-state index in [2.05, 4.69) is 5.32 Å². The summed E-state index contributed by atoms with van der Waals surface area (Å²) < 4.78 is 0. The Kier molecular flexibility index (Phi) is 3.59. The molecule has 0 radical (unpaired) electrons. The van der Waals surface area contributed by atoms with Crippen molar-refractivity contribution in [3.63, 3.8) is 0 Å². The van der Waals surface area contributed by atoms with E-state index in [9.17, 15) is 9.59 Å². The summed E-state index contributed by atoms with van der Waals surface area (Å²) in [5.74, 6) is -0.939. The van der Waals surface area contributed by atoms with Crippen LogP contribution in [0.3, 0.4) is 0 Å². The molecule has 0 unspecified atom stereocenters. The fourth-order valence-electron chi connectivity index (χ4n) is 2.48. The largest absolute Gasteiger partial charge is 0.481 e. The zero-order chi connectivity index (χ0) is 15.0. The Bertz CT molecular complexity index is 544. The van der Waals surface area contributed by atoms with Gasteiger partial charge in [-0.1, -0.05) is 24.3 Å². The fourth-order valence-corrected chi connectivity index (χ4v) is 2.48. The van der Waals surface area contributed by atoms with Gasteiger partial charge in [-0.25, -0.2) is 0 Å². The summed E-state index contributed by atoms with van der Waals surface area (Å²) in [5, 5.41) is 11.9. The molecule has 1 saturated carbocycles. The average molecular weight is 275 g/mol. The normalized spacial score (nSPS) is 16.6. The van der Waals surface area contributed by atoms with Gasteiger partial charge in [0.25, 0.3) is 0 Å². The molecule has 0 spiro atoms. The molecule has 1 fully saturated rings. The van der Waals surface area contributed by atoms with Gasteiger partial charge in [0, 0.05) is 6.54 Å². The van der Waals surface area contributed by atoms with Gasteiger partial charge in [-0.3, -0.25) is 9.59 Å². The summed E-state index contributed by atoms with van der Waals surface area (Å²) in [6, 6.07) is 7.77. The van der Waals surface area contributed by atoms with E-state index < -0.39 is 16.8 Å². The lowest BCUT2D eigenvalue weighted by Gasteiger charge is -2.26. The molecule has 2 rings (SSSR count). The predicted octanol–water partition coefficient (Wildman–Crippen LogP) is 2.25. The molecule has 0 heterocycles. The molecule has 0 aliphatic heterocycles. The van der Waals surface area contributed by atoms with Crippen molar-refractivity contribution in [1.82, 2.24) is 5.32 Å². The molecular formula is C16H21NO3. The molecule has 1 amide bonds. The van der Waals surface area contributed by atoms with Crippen LogP contribution in [0.2, 0.25) is 0 Å². The third kappa shape index (κ3) is 2.55. The number of carbonyl (C=O) groups excluding carboxylic acids is 1. The first-order valence-corrected chi connectivity index (χ1v) is 6.87. The number of aryl methyl sites for hydroxylation is 1. The van der Waals surface area contributed by atoms with E-state index in [4.69, 9.17) is 5.11 Å². The summed E-state index contributed by atoms with van der Waals surface area (Å²) in [6.07, 6.45) is 1.29. The van der Waals surface area contributed by atoms with Gasteiger partial charge in [0.2, 0.25) is 5.91 Å². The van der Waals surface area contributed by atoms with Gasteiger partial charge in [0.05, 0.1) is 10.8 Å². The standard InChI is InChI=1S/C16H21NO3/c1-11-6-4-5-7-12(11)15(2,3)13(18)17-10-16(8-9-16)14(19)20/h4-7H,8-10H2,1-3H3,(H,17,18)(H,19,20). The molecule has 0 bridgehead atoms. The second kappa shape index (κ2) is 4.93. The lowest BCUT2D eigenvalue weighted by molar-refractivity contribution is -0.143. The Morgan fingerprint density at radius 2 is 1.90 bits per heavy atom. The Morgan fingerprint density at radius 3 is 2.40 bits per heavy atom. The summed E-state index contributed by atoms with van der Waals surface area (Å²) in [4.78, 5) is 23.5. The van der Waals surface area contributed by atoms with E-state index >= 15 is 0 Å². The summed E-state index contributed by atoms with van der Waals surface area (Å²) in [6.45, 7) is 5.93. The monoisotopic (exact) mass is 275 g/mol. The van der Waals surface area contributed by atoms with Crippen molar-refractivity contribution in [1.29, 1.82) is 0 Å². The first-order chi connectivity index (χ1) is 9.29. The molecule has 1 aliphatic carbocycles. The number of carbonyl (C=O) groups is 2. The van der Waals surface area contributed by atoms with Crippen molar-refractivity contribution in [2.45, 2.75) is 39.0 Å². The van der Waals surface area contributed by atoms with E-state index in [1.165, 1.54) is 0 Å². The van der Waals surface area contributed by atoms with Crippen molar-refractivity contribution in [2.24, 2.45) is 5.41 Å². The van der Waals surface area contributed by atoms with Gasteiger partial charge < -0.3 is 10.4 Å². The number of amides is 1. The zero-order valence-corrected chi connectivity index (χ0v) is 12.2. The van der Waals surface area contributed by atoms with Crippen LogP contribution >= 0.6 is 0 Å². The Morgan fingerprint density at radius 1 is 1.30 bits per heavy atom. The topological polar surface area (TPSA) is 66.4 Å². The summed E-state index contributed by atoms with van der Waals surface area (Å²) >= 11 is 0. The number of rotatable bonds is 5. The Labute approximate surface area is 119 Å². The highest BCUT2D eigenvalue weighted by atomic mass is 16.4. The smallest absolute Gasteiger partial charge is 0.311 e. The highest BCUT2D eigenvalue weighted by Gasteiger charge is 2.50. The molecule has 1 aromatic carbocycles. The highest BCUT2D eigenvalue weighted by Crippen LogP contribution is 2.45. The van der Waals surface area contributed by atoms with Crippen molar-refractivity contribution in [2.75, 3.05) is 6.54 Å². The molecule has 4 nitrogen and oxygen atoms in total. The van der Waals surface area contributed by atoms with E-state index in [-0.39, 0.29) is 12.5 Å². The molecule has 0 aromatic heterocycles. The van der Waals surface area contributed by atoms with Crippen LogP contribution in [-0.2, 0) is 15.0 Å². The van der Waals surface area contributed by atoms with Crippen molar-refractivity contribution in [3.8, 4) is 0 Å². The quantitative estimate of drug-likeness (QED) is 0.866. The molecule has 20 heavy (non-hydrogen) atoms. The lowest BCUT2D eigenvalue weighted by atomic mass is 9.81. The van der Waals surface area contributed by atoms with Crippen LogP contribution in [0.5, 0.6) is 0 Å². The molecule has 1 aromatic rings. The number of aliphatic carboxylic acids is 1. The van der Waals surface area contributed by atoms with Crippen LogP contribution in [0.25, 0.3) is 0 Å². The minimum atomic E-state index is -0.813. The zero-order valence-electron chi connectivity index (χ0n) is 12.2. The number of nitrogens with one attached hydrogen (secondary N) is 1. The molecule has 108 valence electrons. The van der Waals surface area contributed by atoms with Crippen LogP contribution in [0.4, 0.5) is 0 Å². The van der Waals surface area contributed by atoms with Crippen LogP contribution in [0.1, 0.15) is 37.8 Å². The predicted molar refractivity (Wildman–Crippen MR) is 76.5 cm³/mol. The van der Waals surface area contributed by atoms with Crippen molar-refractivity contribution >= 4 is 11.9 Å². The Hall–Kier alpha value is -1.84. The summed E-state index contributed by atoms with van der Waals surface area (Å²) in [7, 11) is 0. The second-order valence-electron chi connectivity index (χ2n) is 6.21. The summed E-state index contributed by atoms with van der Waals surface area (Å²) in [5.41, 5.74) is 0.641. The van der Waals surface area contributed by atoms with E-state index in [0.717, 1.165) is 11.1 Å². The number of benzene rings is 1. The molecule has 0 atom stereocenters. The third-order valence-corrected chi connectivity index (χ3v) is 4.28. The van der Waals surface area contributed by atoms with E-state index in [1.807, 2.05) is 45.0 Å². The maximum atomic E-state index is 12.4. The molecule has 0 saturated heterocycles. The maximum Gasteiger partial charge on any atom is 0.311 e. The van der Waals surface area contributed by atoms with Gasteiger partial charge in [0.1, 0.15) is 0 Å². The average Bonchev–Trinajstić information content (AvgIpc) is 3.17. The van der Waals surface area contributed by atoms with Gasteiger partial charge in [-0.2, -0.15) is 0 Å². The van der Waals surface area contributed by atoms with Crippen molar-refractivity contribution < 1.29 is 14.7 Å². The lowest BCUT2D eigenvalue weighted by Crippen LogP contribution is -2.44. The minimum Gasteiger partial charge on any atom is -0.481 e. The minimum absolute atomic E-state index is 0.126. The maximum absolute atomic E-state index is 12.4. The number of hydrogen-bond donors (Lipinski definition) is 2. The highest BCUT2D eigenvalue weighted by molar-refractivity contribution is 5.88. The van der Waals surface area contributed by atoms with Gasteiger partial charge in [-0.15, -0.1) is 0 Å². The number of carboxylic acids is 1.